The maximum absolute atomic E-state index is 13.8. The molecule has 1 fully saturated rings. The first-order chi connectivity index (χ1) is 13.6. The summed E-state index contributed by atoms with van der Waals surface area (Å²) in [6.07, 6.45) is 4.34. The van der Waals surface area contributed by atoms with Crippen LogP contribution in [0.3, 0.4) is 0 Å². The summed E-state index contributed by atoms with van der Waals surface area (Å²) in [5, 5.41) is 3.26. The van der Waals surface area contributed by atoms with Crippen molar-refractivity contribution in [2.75, 3.05) is 36.4 Å². The molecule has 0 saturated carbocycles. The van der Waals surface area contributed by atoms with Crippen molar-refractivity contribution in [2.24, 2.45) is 0 Å². The monoisotopic (exact) mass is 384 g/mol. The molecule has 1 saturated heterocycles. The van der Waals surface area contributed by atoms with Crippen LogP contribution < -0.4 is 10.2 Å². The fourth-order valence-corrected chi connectivity index (χ4v) is 3.61. The fraction of sp³-hybridized carbons (Fsp3) is 0.455. The molecule has 2 heterocycles. The van der Waals surface area contributed by atoms with Gasteiger partial charge in [0.05, 0.1) is 11.3 Å². The van der Waals surface area contributed by atoms with Crippen LogP contribution in [0.5, 0.6) is 0 Å². The van der Waals surface area contributed by atoms with E-state index >= 15 is 0 Å². The number of carbonyl (C=O) groups is 1. The van der Waals surface area contributed by atoms with E-state index in [0.29, 0.717) is 24.3 Å². The van der Waals surface area contributed by atoms with Gasteiger partial charge in [0, 0.05) is 38.4 Å². The van der Waals surface area contributed by atoms with E-state index in [0.717, 1.165) is 38.2 Å². The molecule has 3 rings (SSSR count). The smallest absolute Gasteiger partial charge is 0.255 e. The summed E-state index contributed by atoms with van der Waals surface area (Å²) in [5.41, 5.74) is 1.15. The molecule has 5 nitrogen and oxygen atoms in total. The Kier molecular flexibility index (Phi) is 6.85. The number of halogens is 1. The zero-order chi connectivity index (χ0) is 19.9. The molecule has 0 aliphatic carbocycles. The topological polar surface area (TPSA) is 48.5 Å². The van der Waals surface area contributed by atoms with Gasteiger partial charge in [-0.05, 0) is 50.5 Å². The van der Waals surface area contributed by atoms with Gasteiger partial charge in [0.25, 0.3) is 5.91 Å². The van der Waals surface area contributed by atoms with Gasteiger partial charge in [-0.3, -0.25) is 4.79 Å². The lowest BCUT2D eigenvalue weighted by Gasteiger charge is -2.33. The molecule has 0 atom stereocenters. The summed E-state index contributed by atoms with van der Waals surface area (Å²) in [6, 6.07) is 10.7. The minimum Gasteiger partial charge on any atom is -0.380 e. The SMILES string of the molecule is CCCN(CC)c1ccc(C(=O)N2CCC(Nc3ccccc3F)CC2)cn1. The highest BCUT2D eigenvalue weighted by molar-refractivity contribution is 5.94. The molecule has 1 aliphatic heterocycles. The second-order valence-electron chi connectivity index (χ2n) is 7.18. The molecule has 0 bridgehead atoms. The first-order valence-corrected chi connectivity index (χ1v) is 10.1. The van der Waals surface area contributed by atoms with Crippen molar-refractivity contribution in [1.29, 1.82) is 0 Å². The van der Waals surface area contributed by atoms with Gasteiger partial charge in [-0.1, -0.05) is 19.1 Å². The van der Waals surface area contributed by atoms with Crippen LogP contribution in [0.4, 0.5) is 15.9 Å². The Bertz CT molecular complexity index is 772. The van der Waals surface area contributed by atoms with Gasteiger partial charge >= 0.3 is 0 Å². The lowest BCUT2D eigenvalue weighted by atomic mass is 10.0. The first-order valence-electron chi connectivity index (χ1n) is 10.1. The number of hydrogen-bond donors (Lipinski definition) is 1. The number of aromatic nitrogens is 1. The Labute approximate surface area is 166 Å². The fourth-order valence-electron chi connectivity index (χ4n) is 3.61. The first kappa shape index (κ1) is 20.1. The zero-order valence-electron chi connectivity index (χ0n) is 16.7. The number of benzene rings is 1. The maximum atomic E-state index is 13.8. The Morgan fingerprint density at radius 2 is 1.96 bits per heavy atom. The normalized spacial score (nSPS) is 14.8. The number of carbonyl (C=O) groups excluding carboxylic acids is 1. The predicted molar refractivity (Wildman–Crippen MR) is 111 cm³/mol. The van der Waals surface area contributed by atoms with E-state index in [1.807, 2.05) is 23.1 Å². The van der Waals surface area contributed by atoms with Crippen LogP contribution in [0.2, 0.25) is 0 Å². The minimum absolute atomic E-state index is 0.0157. The van der Waals surface area contributed by atoms with Crippen LogP contribution in [-0.4, -0.2) is 48.0 Å². The quantitative estimate of drug-likeness (QED) is 0.778. The average Bonchev–Trinajstić information content (AvgIpc) is 2.74. The Hall–Kier alpha value is -2.63. The number of piperidine rings is 1. The van der Waals surface area contributed by atoms with E-state index in [9.17, 15) is 9.18 Å². The second kappa shape index (κ2) is 9.53. The van der Waals surface area contributed by atoms with Gasteiger partial charge in [0.1, 0.15) is 11.6 Å². The summed E-state index contributed by atoms with van der Waals surface area (Å²) in [4.78, 5) is 21.3. The molecule has 0 radical (unpaired) electrons. The van der Waals surface area contributed by atoms with Gasteiger partial charge in [-0.25, -0.2) is 9.37 Å². The molecular formula is C22H29FN4O. The van der Waals surface area contributed by atoms with E-state index in [-0.39, 0.29) is 17.8 Å². The summed E-state index contributed by atoms with van der Waals surface area (Å²) in [6.45, 7) is 7.42. The molecule has 1 N–H and O–H groups in total. The van der Waals surface area contributed by atoms with Gasteiger partial charge in [-0.15, -0.1) is 0 Å². The molecule has 6 heteroatoms. The molecule has 28 heavy (non-hydrogen) atoms. The number of nitrogens with one attached hydrogen (secondary N) is 1. The molecule has 1 aromatic heterocycles. The summed E-state index contributed by atoms with van der Waals surface area (Å²) < 4.78 is 13.8. The molecule has 1 amide bonds. The van der Waals surface area contributed by atoms with E-state index in [1.165, 1.54) is 6.07 Å². The highest BCUT2D eigenvalue weighted by atomic mass is 19.1. The number of rotatable bonds is 7. The number of anilines is 2. The third-order valence-corrected chi connectivity index (χ3v) is 5.21. The zero-order valence-corrected chi connectivity index (χ0v) is 16.7. The highest BCUT2D eigenvalue weighted by Gasteiger charge is 2.24. The van der Waals surface area contributed by atoms with Crippen molar-refractivity contribution in [1.82, 2.24) is 9.88 Å². The van der Waals surface area contributed by atoms with Crippen LogP contribution in [0.15, 0.2) is 42.6 Å². The highest BCUT2D eigenvalue weighted by Crippen LogP contribution is 2.21. The van der Waals surface area contributed by atoms with Crippen LogP contribution >= 0.6 is 0 Å². The maximum Gasteiger partial charge on any atom is 0.255 e. The van der Waals surface area contributed by atoms with Crippen LogP contribution in [-0.2, 0) is 0 Å². The largest absolute Gasteiger partial charge is 0.380 e. The third kappa shape index (κ3) is 4.80. The standard InChI is InChI=1S/C22H29FN4O/c1-3-13-26(4-2)21-10-9-17(16-24-21)22(28)27-14-11-18(12-15-27)25-20-8-6-5-7-19(20)23/h5-10,16,18,25H,3-4,11-15H2,1-2H3. The molecule has 0 unspecified atom stereocenters. The van der Waals surface area contributed by atoms with Gasteiger partial charge < -0.3 is 15.1 Å². The summed E-state index contributed by atoms with van der Waals surface area (Å²) >= 11 is 0. The second-order valence-corrected chi connectivity index (χ2v) is 7.18. The van der Waals surface area contributed by atoms with Crippen molar-refractivity contribution in [3.63, 3.8) is 0 Å². The lowest BCUT2D eigenvalue weighted by Crippen LogP contribution is -2.42. The van der Waals surface area contributed by atoms with E-state index in [1.54, 1.807) is 18.3 Å². The summed E-state index contributed by atoms with van der Waals surface area (Å²) in [7, 11) is 0. The molecule has 0 spiro atoms. The van der Waals surface area contributed by atoms with Crippen molar-refractivity contribution in [3.8, 4) is 0 Å². The molecule has 1 aromatic carbocycles. The van der Waals surface area contributed by atoms with E-state index < -0.39 is 0 Å². The number of amides is 1. The molecule has 1 aliphatic rings. The van der Waals surface area contributed by atoms with E-state index in [2.05, 4.69) is 29.0 Å². The van der Waals surface area contributed by atoms with Crippen molar-refractivity contribution >= 4 is 17.4 Å². The van der Waals surface area contributed by atoms with E-state index in [4.69, 9.17) is 0 Å². The Morgan fingerprint density at radius 3 is 2.57 bits per heavy atom. The van der Waals surface area contributed by atoms with Crippen molar-refractivity contribution < 1.29 is 9.18 Å². The van der Waals surface area contributed by atoms with Crippen LogP contribution in [0, 0.1) is 5.82 Å². The Balaban J connectivity index is 1.55. The van der Waals surface area contributed by atoms with Gasteiger partial charge in [0.15, 0.2) is 0 Å². The number of hydrogen-bond acceptors (Lipinski definition) is 4. The van der Waals surface area contributed by atoms with Gasteiger partial charge in [0.2, 0.25) is 0 Å². The molecule has 2 aromatic rings. The number of para-hydroxylation sites is 1. The number of nitrogens with zero attached hydrogens (tertiary/aromatic N) is 3. The van der Waals surface area contributed by atoms with Gasteiger partial charge in [-0.2, -0.15) is 0 Å². The average molecular weight is 384 g/mol. The Morgan fingerprint density at radius 1 is 1.21 bits per heavy atom. The van der Waals surface area contributed by atoms with Crippen LogP contribution in [0.1, 0.15) is 43.5 Å². The molecule has 150 valence electrons. The summed E-state index contributed by atoms with van der Waals surface area (Å²) in [5.74, 6) is 0.687. The van der Waals surface area contributed by atoms with Crippen molar-refractivity contribution in [3.05, 3.63) is 54.0 Å². The lowest BCUT2D eigenvalue weighted by molar-refractivity contribution is 0.0718. The number of likely N-dealkylation sites (tertiary alicyclic amines) is 1. The van der Waals surface area contributed by atoms with Crippen molar-refractivity contribution in [2.45, 2.75) is 39.2 Å². The predicted octanol–water partition coefficient (Wildman–Crippen LogP) is 4.17. The van der Waals surface area contributed by atoms with Crippen LogP contribution in [0.25, 0.3) is 0 Å². The minimum atomic E-state index is -0.239. The number of pyridine rings is 1. The third-order valence-electron chi connectivity index (χ3n) is 5.21. The molecular weight excluding hydrogens is 355 g/mol.